The molecule has 0 saturated carbocycles. The van der Waals surface area contributed by atoms with E-state index in [2.05, 4.69) is 19.1 Å². The maximum absolute atomic E-state index is 12.1. The van der Waals surface area contributed by atoms with Crippen molar-refractivity contribution in [3.63, 3.8) is 0 Å². The number of nitrogens with one attached hydrogen (secondary N) is 2. The van der Waals surface area contributed by atoms with Crippen molar-refractivity contribution in [1.82, 2.24) is 10.4 Å². The van der Waals surface area contributed by atoms with Crippen molar-refractivity contribution in [2.24, 2.45) is 0 Å². The van der Waals surface area contributed by atoms with Crippen LogP contribution in [-0.4, -0.2) is 64.9 Å². The van der Waals surface area contributed by atoms with Gasteiger partial charge in [-0.25, -0.2) is 0 Å². The minimum Gasteiger partial charge on any atom is -0.493 e. The summed E-state index contributed by atoms with van der Waals surface area (Å²) in [6, 6.07) is 5.42. The lowest BCUT2D eigenvalue weighted by molar-refractivity contribution is -0.883. The molecule has 1 saturated heterocycles. The van der Waals surface area contributed by atoms with E-state index < -0.39 is 0 Å². The molecule has 0 radical (unpaired) electrons. The Balaban J connectivity index is 1.81. The Kier molecular flexibility index (Phi) is 6.45. The van der Waals surface area contributed by atoms with Crippen molar-refractivity contribution in [1.29, 1.82) is 0 Å². The molecule has 1 aliphatic heterocycles. The smallest absolute Gasteiger partial charge is 0.251 e. The van der Waals surface area contributed by atoms with Crippen LogP contribution in [-0.2, 0) is 9.63 Å². The number of carbonyl (C=O) groups is 1. The van der Waals surface area contributed by atoms with Gasteiger partial charge in [-0.1, -0.05) is 6.58 Å². The number of ether oxygens (including phenoxy) is 2. The standard InChI is InChI=1S/C17H25N3O4/c1-13(14-5-6-15(22-3)16(11-14)23-4)18-24-12-17(21)20-9-7-19(2)8-10-20/h5-6,11,18H,1,7-10,12H2,2-4H3/p+1. The molecule has 1 aromatic carbocycles. The molecule has 1 heterocycles. The molecule has 2 N–H and O–H groups in total. The van der Waals surface area contributed by atoms with E-state index in [1.165, 1.54) is 4.90 Å². The first-order valence-electron chi connectivity index (χ1n) is 7.93. The van der Waals surface area contributed by atoms with Crippen molar-refractivity contribution in [2.75, 3.05) is 54.1 Å². The third-order valence-electron chi connectivity index (χ3n) is 4.09. The van der Waals surface area contributed by atoms with E-state index in [4.69, 9.17) is 14.3 Å². The first kappa shape index (κ1) is 18.1. The second-order valence-electron chi connectivity index (χ2n) is 5.78. The number of rotatable bonds is 7. The number of hydrogen-bond donors (Lipinski definition) is 2. The number of hydroxylamine groups is 1. The van der Waals surface area contributed by atoms with Crippen molar-refractivity contribution in [3.05, 3.63) is 30.3 Å². The lowest BCUT2D eigenvalue weighted by Crippen LogP contribution is -3.12. The van der Waals surface area contributed by atoms with Crippen LogP contribution >= 0.6 is 0 Å². The van der Waals surface area contributed by atoms with Gasteiger partial charge in [0.2, 0.25) is 0 Å². The Morgan fingerprint density at radius 2 is 1.92 bits per heavy atom. The lowest BCUT2D eigenvalue weighted by Gasteiger charge is -2.29. The zero-order valence-electron chi connectivity index (χ0n) is 14.6. The molecule has 1 aromatic rings. The minimum absolute atomic E-state index is 0.0184. The maximum atomic E-state index is 12.1. The summed E-state index contributed by atoms with van der Waals surface area (Å²) in [4.78, 5) is 20.7. The van der Waals surface area contributed by atoms with Gasteiger partial charge < -0.3 is 19.3 Å². The van der Waals surface area contributed by atoms with Crippen LogP contribution in [0.5, 0.6) is 11.5 Å². The molecule has 7 heteroatoms. The number of amides is 1. The molecule has 132 valence electrons. The highest BCUT2D eigenvalue weighted by Crippen LogP contribution is 2.29. The number of carbonyl (C=O) groups excluding carboxylic acids is 1. The molecule has 1 fully saturated rings. The number of benzene rings is 1. The molecular formula is C17H26N3O4+. The van der Waals surface area contributed by atoms with E-state index in [-0.39, 0.29) is 12.5 Å². The number of likely N-dealkylation sites (N-methyl/N-ethyl adjacent to an activating group) is 1. The van der Waals surface area contributed by atoms with Gasteiger partial charge in [0.15, 0.2) is 18.1 Å². The lowest BCUT2D eigenvalue weighted by atomic mass is 10.1. The van der Waals surface area contributed by atoms with Crippen LogP contribution in [0.3, 0.4) is 0 Å². The van der Waals surface area contributed by atoms with E-state index in [0.29, 0.717) is 17.2 Å². The topological polar surface area (TPSA) is 64.5 Å². The van der Waals surface area contributed by atoms with Gasteiger partial charge in [0.1, 0.15) is 0 Å². The van der Waals surface area contributed by atoms with E-state index in [0.717, 1.165) is 31.7 Å². The number of methoxy groups -OCH3 is 2. The molecular weight excluding hydrogens is 310 g/mol. The van der Waals surface area contributed by atoms with Gasteiger partial charge in [-0.15, -0.1) is 0 Å². The molecule has 0 aromatic heterocycles. The summed E-state index contributed by atoms with van der Waals surface area (Å²) in [6.07, 6.45) is 0. The Hall–Kier alpha value is -2.25. The monoisotopic (exact) mass is 336 g/mol. The Labute approximate surface area is 142 Å². The van der Waals surface area contributed by atoms with Gasteiger partial charge in [0.05, 0.1) is 53.1 Å². The Morgan fingerprint density at radius 3 is 2.54 bits per heavy atom. The number of nitrogens with zero attached hydrogens (tertiary/aromatic N) is 1. The van der Waals surface area contributed by atoms with Gasteiger partial charge in [0.25, 0.3) is 5.91 Å². The van der Waals surface area contributed by atoms with Crippen LogP contribution in [0.15, 0.2) is 24.8 Å². The largest absolute Gasteiger partial charge is 0.493 e. The number of quaternary nitrogens is 1. The van der Waals surface area contributed by atoms with Gasteiger partial charge in [-0.2, -0.15) is 0 Å². The van der Waals surface area contributed by atoms with Crippen molar-refractivity contribution < 1.29 is 24.0 Å². The van der Waals surface area contributed by atoms with E-state index in [9.17, 15) is 4.79 Å². The average Bonchev–Trinajstić information content (AvgIpc) is 2.61. The van der Waals surface area contributed by atoms with Crippen LogP contribution in [0.4, 0.5) is 0 Å². The maximum Gasteiger partial charge on any atom is 0.251 e. The molecule has 1 aliphatic rings. The highest BCUT2D eigenvalue weighted by atomic mass is 16.6. The van der Waals surface area contributed by atoms with Crippen molar-refractivity contribution >= 4 is 11.6 Å². The molecule has 0 unspecified atom stereocenters. The Morgan fingerprint density at radius 1 is 1.25 bits per heavy atom. The summed E-state index contributed by atoms with van der Waals surface area (Å²) >= 11 is 0. The molecule has 1 amide bonds. The summed E-state index contributed by atoms with van der Waals surface area (Å²) in [7, 11) is 5.29. The van der Waals surface area contributed by atoms with E-state index in [1.807, 2.05) is 11.0 Å². The fourth-order valence-corrected chi connectivity index (χ4v) is 2.50. The predicted molar refractivity (Wildman–Crippen MR) is 90.9 cm³/mol. The summed E-state index contributed by atoms with van der Waals surface area (Å²) < 4.78 is 10.5. The van der Waals surface area contributed by atoms with E-state index in [1.54, 1.807) is 26.4 Å². The van der Waals surface area contributed by atoms with Crippen molar-refractivity contribution in [2.45, 2.75) is 0 Å². The normalized spacial score (nSPS) is 15.0. The first-order valence-corrected chi connectivity index (χ1v) is 7.93. The average molecular weight is 336 g/mol. The van der Waals surface area contributed by atoms with E-state index >= 15 is 0 Å². The highest BCUT2D eigenvalue weighted by molar-refractivity contribution is 5.77. The second-order valence-corrected chi connectivity index (χ2v) is 5.78. The molecule has 7 nitrogen and oxygen atoms in total. The zero-order chi connectivity index (χ0) is 17.5. The molecule has 0 bridgehead atoms. The van der Waals surface area contributed by atoms with Crippen LogP contribution in [0.2, 0.25) is 0 Å². The summed E-state index contributed by atoms with van der Waals surface area (Å²) in [5, 5.41) is 0. The van der Waals surface area contributed by atoms with Gasteiger partial charge in [-0.3, -0.25) is 15.1 Å². The fraction of sp³-hybridized carbons (Fsp3) is 0.471. The highest BCUT2D eigenvalue weighted by Gasteiger charge is 2.21. The first-order chi connectivity index (χ1) is 11.5. The van der Waals surface area contributed by atoms with Crippen LogP contribution < -0.4 is 19.9 Å². The van der Waals surface area contributed by atoms with Gasteiger partial charge in [0, 0.05) is 5.56 Å². The van der Waals surface area contributed by atoms with Crippen molar-refractivity contribution in [3.8, 4) is 11.5 Å². The zero-order valence-corrected chi connectivity index (χ0v) is 14.6. The third-order valence-corrected chi connectivity index (χ3v) is 4.09. The molecule has 0 spiro atoms. The number of hydrogen-bond acceptors (Lipinski definition) is 5. The fourth-order valence-electron chi connectivity index (χ4n) is 2.50. The third kappa shape index (κ3) is 4.62. The predicted octanol–water partition coefficient (Wildman–Crippen LogP) is -0.447. The van der Waals surface area contributed by atoms with Gasteiger partial charge >= 0.3 is 0 Å². The summed E-state index contributed by atoms with van der Waals surface area (Å²) in [6.45, 7) is 7.37. The van der Waals surface area contributed by atoms with Crippen LogP contribution in [0.1, 0.15) is 5.56 Å². The SMILES string of the molecule is C=C(NOCC(=O)N1CC[NH+](C)CC1)c1ccc(OC)c(OC)c1. The molecule has 0 atom stereocenters. The molecule has 0 aliphatic carbocycles. The summed E-state index contributed by atoms with van der Waals surface area (Å²) in [5.41, 5.74) is 4.07. The quantitative estimate of drug-likeness (QED) is 0.661. The second kappa shape index (κ2) is 8.56. The van der Waals surface area contributed by atoms with Crippen LogP contribution in [0.25, 0.3) is 5.70 Å². The molecule has 2 rings (SSSR count). The number of piperazine rings is 1. The summed E-state index contributed by atoms with van der Waals surface area (Å²) in [5.74, 6) is 1.23. The van der Waals surface area contributed by atoms with Gasteiger partial charge in [-0.05, 0) is 18.2 Å². The Bertz CT molecular complexity index is 583. The minimum atomic E-state index is -0.0225. The molecule has 24 heavy (non-hydrogen) atoms. The van der Waals surface area contributed by atoms with Crippen LogP contribution in [0, 0.1) is 0 Å².